The molecule has 0 saturated carbocycles. The molecule has 0 aliphatic rings. The third kappa shape index (κ3) is 4.31. The number of hydrogen-bond acceptors (Lipinski definition) is 3. The van der Waals surface area contributed by atoms with Gasteiger partial charge < -0.3 is 5.32 Å². The molecule has 2 aromatic rings. The van der Waals surface area contributed by atoms with Crippen molar-refractivity contribution in [3.63, 3.8) is 0 Å². The second-order valence-corrected chi connectivity index (χ2v) is 4.84. The maximum atomic E-state index is 12.8. The molecule has 0 atom stereocenters. The smallest absolute Gasteiger partial charge is 0.326 e. The van der Waals surface area contributed by atoms with Crippen LogP contribution in [0.5, 0.6) is 0 Å². The Morgan fingerprint density at radius 2 is 2.14 bits per heavy atom. The fraction of sp³-hybridized carbons (Fsp3) is 0.357. The summed E-state index contributed by atoms with van der Waals surface area (Å²) in [4.78, 5) is 15.5. The molecule has 0 spiro atoms. The van der Waals surface area contributed by atoms with Crippen LogP contribution in [0.3, 0.4) is 0 Å². The van der Waals surface area contributed by atoms with Crippen LogP contribution in [0.25, 0.3) is 0 Å². The number of alkyl halides is 3. The highest BCUT2D eigenvalue weighted by Crippen LogP contribution is 2.33. The minimum absolute atomic E-state index is 0.122. The Balaban J connectivity index is 1.91. The zero-order chi connectivity index (χ0) is 16.2. The van der Waals surface area contributed by atoms with Crippen molar-refractivity contribution < 1.29 is 18.0 Å². The van der Waals surface area contributed by atoms with E-state index in [9.17, 15) is 18.0 Å². The Morgan fingerprint density at radius 3 is 2.77 bits per heavy atom. The number of anilines is 1. The number of rotatable bonds is 5. The van der Waals surface area contributed by atoms with Crippen molar-refractivity contribution in [3.8, 4) is 0 Å². The van der Waals surface area contributed by atoms with Crippen LogP contribution in [0.2, 0.25) is 0 Å². The lowest BCUT2D eigenvalue weighted by molar-refractivity contribution is -0.138. The van der Waals surface area contributed by atoms with Gasteiger partial charge in [-0.1, -0.05) is 6.07 Å². The van der Waals surface area contributed by atoms with Gasteiger partial charge in [-0.2, -0.15) is 18.3 Å². The van der Waals surface area contributed by atoms with E-state index in [1.807, 2.05) is 0 Å². The average Bonchev–Trinajstić information content (AvgIpc) is 2.93. The fourth-order valence-corrected chi connectivity index (χ4v) is 1.98. The molecule has 22 heavy (non-hydrogen) atoms. The molecule has 0 fully saturated rings. The first-order valence-electron chi connectivity index (χ1n) is 6.66. The van der Waals surface area contributed by atoms with Crippen molar-refractivity contribution in [2.24, 2.45) is 0 Å². The number of hydrogen-bond donors (Lipinski definition) is 1. The molecule has 0 unspecified atom stereocenters. The maximum absolute atomic E-state index is 12.8. The number of aryl methyl sites for hydroxylation is 2. The van der Waals surface area contributed by atoms with Gasteiger partial charge in [0.15, 0.2) is 0 Å². The average molecular weight is 312 g/mol. The summed E-state index contributed by atoms with van der Waals surface area (Å²) in [6, 6.07) is 3.75. The van der Waals surface area contributed by atoms with E-state index in [1.165, 1.54) is 31.7 Å². The number of nitrogens with zero attached hydrogens (tertiary/aromatic N) is 3. The number of aromatic nitrogens is 3. The second kappa shape index (κ2) is 6.59. The van der Waals surface area contributed by atoms with E-state index in [2.05, 4.69) is 15.4 Å². The third-order valence-corrected chi connectivity index (χ3v) is 3.08. The molecule has 0 bridgehead atoms. The standard InChI is InChI=1S/C14H15F3N4O/c1-10-4-5-11(7-12(10)14(15,16)17)20-13(22)3-2-6-21-9-18-8-19-21/h4-5,7-9H,2-3,6H2,1H3,(H,20,22). The zero-order valence-electron chi connectivity index (χ0n) is 11.9. The summed E-state index contributed by atoms with van der Waals surface area (Å²) < 4.78 is 40.0. The summed E-state index contributed by atoms with van der Waals surface area (Å²) in [6.07, 6.45) is -0.793. The van der Waals surface area contributed by atoms with Gasteiger partial charge in [0, 0.05) is 18.7 Å². The molecule has 0 radical (unpaired) electrons. The number of carbonyl (C=O) groups excluding carboxylic acids is 1. The number of nitrogens with one attached hydrogen (secondary N) is 1. The van der Waals surface area contributed by atoms with E-state index in [0.717, 1.165) is 6.07 Å². The second-order valence-electron chi connectivity index (χ2n) is 4.84. The van der Waals surface area contributed by atoms with Crippen LogP contribution in [0.15, 0.2) is 30.9 Å². The van der Waals surface area contributed by atoms with Crippen LogP contribution in [0.1, 0.15) is 24.0 Å². The summed E-state index contributed by atoms with van der Waals surface area (Å²) in [6.45, 7) is 1.90. The molecule has 2 rings (SSSR count). The predicted octanol–water partition coefficient (Wildman–Crippen LogP) is 3.02. The van der Waals surface area contributed by atoms with Crippen molar-refractivity contribution in [2.75, 3.05) is 5.32 Å². The summed E-state index contributed by atoms with van der Waals surface area (Å²) in [5.41, 5.74) is -0.478. The SMILES string of the molecule is Cc1ccc(NC(=O)CCCn2cncn2)cc1C(F)(F)F. The van der Waals surface area contributed by atoms with E-state index in [4.69, 9.17) is 0 Å². The molecule has 1 amide bonds. The molecule has 118 valence electrons. The van der Waals surface area contributed by atoms with Crippen molar-refractivity contribution in [3.05, 3.63) is 42.0 Å². The summed E-state index contributed by atoms with van der Waals surface area (Å²) in [5, 5.41) is 6.37. The molecule has 5 nitrogen and oxygen atoms in total. The molecule has 8 heteroatoms. The Labute approximate surface area is 125 Å². The van der Waals surface area contributed by atoms with Crippen LogP contribution in [0, 0.1) is 6.92 Å². The van der Waals surface area contributed by atoms with Crippen LogP contribution < -0.4 is 5.32 Å². The lowest BCUT2D eigenvalue weighted by Gasteiger charge is -2.12. The first-order valence-corrected chi connectivity index (χ1v) is 6.66. The molecule has 1 aromatic heterocycles. The van der Waals surface area contributed by atoms with Gasteiger partial charge in [0.2, 0.25) is 5.91 Å². The molecule has 1 N–H and O–H groups in total. The summed E-state index contributed by atoms with van der Waals surface area (Å²) in [7, 11) is 0. The molecular weight excluding hydrogens is 297 g/mol. The van der Waals surface area contributed by atoms with Gasteiger partial charge in [-0.3, -0.25) is 9.48 Å². The van der Waals surface area contributed by atoms with Crippen molar-refractivity contribution >= 4 is 11.6 Å². The van der Waals surface area contributed by atoms with E-state index < -0.39 is 11.7 Å². The van der Waals surface area contributed by atoms with E-state index >= 15 is 0 Å². The number of carbonyl (C=O) groups is 1. The number of benzene rings is 1. The maximum Gasteiger partial charge on any atom is 0.416 e. The lowest BCUT2D eigenvalue weighted by Crippen LogP contribution is -2.14. The lowest BCUT2D eigenvalue weighted by atomic mass is 10.1. The van der Waals surface area contributed by atoms with E-state index in [1.54, 1.807) is 4.68 Å². The van der Waals surface area contributed by atoms with Gasteiger partial charge in [0.1, 0.15) is 12.7 Å². The van der Waals surface area contributed by atoms with E-state index in [-0.39, 0.29) is 23.6 Å². The zero-order valence-corrected chi connectivity index (χ0v) is 11.9. The van der Waals surface area contributed by atoms with Gasteiger partial charge in [-0.25, -0.2) is 4.98 Å². The Bertz CT molecular complexity index is 638. The summed E-state index contributed by atoms with van der Waals surface area (Å²) in [5.74, 6) is -0.336. The van der Waals surface area contributed by atoms with Gasteiger partial charge in [0.05, 0.1) is 5.56 Å². The highest BCUT2D eigenvalue weighted by molar-refractivity contribution is 5.90. The molecule has 0 saturated heterocycles. The van der Waals surface area contributed by atoms with Gasteiger partial charge in [-0.15, -0.1) is 0 Å². The monoisotopic (exact) mass is 312 g/mol. The van der Waals surface area contributed by atoms with Crippen molar-refractivity contribution in [1.29, 1.82) is 0 Å². The van der Waals surface area contributed by atoms with Gasteiger partial charge >= 0.3 is 6.18 Å². The van der Waals surface area contributed by atoms with Crippen LogP contribution in [-0.4, -0.2) is 20.7 Å². The molecule has 0 aliphatic carbocycles. The van der Waals surface area contributed by atoms with Crippen LogP contribution >= 0.6 is 0 Å². The van der Waals surface area contributed by atoms with Gasteiger partial charge in [-0.05, 0) is 31.0 Å². The highest BCUT2D eigenvalue weighted by Gasteiger charge is 2.32. The molecular formula is C14H15F3N4O. The molecule has 0 aliphatic heterocycles. The minimum Gasteiger partial charge on any atom is -0.326 e. The summed E-state index contributed by atoms with van der Waals surface area (Å²) >= 11 is 0. The molecule has 1 heterocycles. The third-order valence-electron chi connectivity index (χ3n) is 3.08. The fourth-order valence-electron chi connectivity index (χ4n) is 1.98. The van der Waals surface area contributed by atoms with E-state index in [0.29, 0.717) is 13.0 Å². The van der Waals surface area contributed by atoms with Crippen LogP contribution in [-0.2, 0) is 17.5 Å². The van der Waals surface area contributed by atoms with Crippen molar-refractivity contribution in [1.82, 2.24) is 14.8 Å². The van der Waals surface area contributed by atoms with Crippen molar-refractivity contribution in [2.45, 2.75) is 32.5 Å². The first-order chi connectivity index (χ1) is 10.4. The largest absolute Gasteiger partial charge is 0.416 e. The quantitative estimate of drug-likeness (QED) is 0.923. The Hall–Kier alpha value is -2.38. The predicted molar refractivity (Wildman–Crippen MR) is 74.1 cm³/mol. The first kappa shape index (κ1) is 16.0. The van der Waals surface area contributed by atoms with Crippen LogP contribution in [0.4, 0.5) is 18.9 Å². The Morgan fingerprint density at radius 1 is 1.36 bits per heavy atom. The minimum atomic E-state index is -4.43. The topological polar surface area (TPSA) is 59.8 Å². The number of amides is 1. The number of halogens is 3. The highest BCUT2D eigenvalue weighted by atomic mass is 19.4. The molecule has 1 aromatic carbocycles. The Kier molecular flexibility index (Phi) is 4.79. The van der Waals surface area contributed by atoms with Gasteiger partial charge in [0.25, 0.3) is 0 Å². The normalized spacial score (nSPS) is 11.5.